The Labute approximate surface area is 462 Å². The van der Waals surface area contributed by atoms with Gasteiger partial charge in [0.1, 0.15) is 36.7 Å². The molecule has 19 heteroatoms. The highest BCUT2D eigenvalue weighted by molar-refractivity contribution is 5.77. The molecule has 6 heterocycles. The minimum Gasteiger partial charge on any atom is -0.458 e. The Morgan fingerprint density at radius 3 is 2.28 bits per heavy atom. The van der Waals surface area contributed by atoms with Gasteiger partial charge in [-0.3, -0.25) is 19.4 Å². The number of carbonyl (C=O) groups is 3. The van der Waals surface area contributed by atoms with Crippen molar-refractivity contribution in [3.63, 3.8) is 0 Å². The van der Waals surface area contributed by atoms with E-state index in [0.717, 1.165) is 11.1 Å². The van der Waals surface area contributed by atoms with E-state index in [1.807, 2.05) is 83.0 Å². The summed E-state index contributed by atoms with van der Waals surface area (Å²) in [4.78, 5) is 48.5. The molecule has 438 valence electrons. The van der Waals surface area contributed by atoms with Gasteiger partial charge in [0.25, 0.3) is 0 Å². The predicted octanol–water partition coefficient (Wildman–Crippen LogP) is 5.69. The fraction of sp³-hybridized carbons (Fsp3) is 0.763. The number of halogens is 1. The van der Waals surface area contributed by atoms with Crippen molar-refractivity contribution in [2.24, 2.45) is 41.2 Å². The molecule has 5 aliphatic rings. The third-order valence-corrected chi connectivity index (χ3v) is 19.5. The van der Waals surface area contributed by atoms with Crippen LogP contribution in [0.2, 0.25) is 0 Å². The first-order valence-corrected chi connectivity index (χ1v) is 28.3. The van der Waals surface area contributed by atoms with E-state index in [2.05, 4.69) is 36.4 Å². The second-order valence-corrected chi connectivity index (χ2v) is 24.3. The van der Waals surface area contributed by atoms with Crippen LogP contribution in [0.1, 0.15) is 119 Å². The van der Waals surface area contributed by atoms with Gasteiger partial charge < -0.3 is 69.4 Å². The quantitative estimate of drug-likeness (QED) is 0.127. The van der Waals surface area contributed by atoms with E-state index in [1.54, 1.807) is 40.5 Å². The zero-order valence-corrected chi connectivity index (χ0v) is 48.6. The molecule has 22 atom stereocenters. The number of hydrogen-bond donors (Lipinski definition) is 5. The number of aromatic nitrogens is 1. The lowest BCUT2D eigenvalue weighted by atomic mass is 9.62. The second kappa shape index (κ2) is 25.2. The molecule has 6 N–H and O–H groups in total. The van der Waals surface area contributed by atoms with Gasteiger partial charge in [0.15, 0.2) is 6.29 Å². The Bertz CT molecular complexity index is 2330. The molecule has 2 bridgehead atoms. The smallest absolute Gasteiger partial charge is 0.309 e. The van der Waals surface area contributed by atoms with Gasteiger partial charge in [-0.2, -0.15) is 0 Å². The summed E-state index contributed by atoms with van der Waals surface area (Å²) < 4.78 is 67.1. The molecule has 0 spiro atoms. The molecule has 1 aromatic heterocycles. The lowest BCUT2D eigenvalue weighted by molar-refractivity contribution is -0.307. The molecule has 0 radical (unpaired) electrons. The highest BCUT2D eigenvalue weighted by Gasteiger charge is 2.62. The van der Waals surface area contributed by atoms with Gasteiger partial charge in [-0.1, -0.05) is 58.0 Å². The maximum Gasteiger partial charge on any atom is 0.309 e. The molecular weight excluding hydrogens is 1010 g/mol. The highest BCUT2D eigenvalue weighted by Crippen LogP contribution is 2.52. The first-order valence-electron chi connectivity index (χ1n) is 28.3. The monoisotopic (exact) mass is 1100 g/mol. The summed E-state index contributed by atoms with van der Waals surface area (Å²) in [5, 5.41) is 30.9. The normalized spacial score (nSPS) is 41.5. The number of esters is 2. The van der Waals surface area contributed by atoms with E-state index in [1.165, 1.54) is 7.11 Å². The maximum atomic E-state index is 15.2. The number of rotatable bonds is 16. The number of likely N-dealkylation sites (N-methyl/N-ethyl adjacent to an activating group) is 1. The van der Waals surface area contributed by atoms with Crippen molar-refractivity contribution in [3.8, 4) is 11.1 Å². The van der Waals surface area contributed by atoms with Crippen molar-refractivity contribution in [2.45, 2.75) is 203 Å². The zero-order chi connectivity index (χ0) is 57.2. The first kappa shape index (κ1) is 61.9. The largest absolute Gasteiger partial charge is 0.458 e. The van der Waals surface area contributed by atoms with Crippen LogP contribution in [-0.2, 0) is 52.3 Å². The molecule has 3 unspecified atom stereocenters. The molecule has 78 heavy (non-hydrogen) atoms. The summed E-state index contributed by atoms with van der Waals surface area (Å²) in [7, 11) is 6.48. The van der Waals surface area contributed by atoms with Crippen LogP contribution in [0.15, 0.2) is 48.8 Å². The number of nitrogens with one attached hydrogen (secondary N) is 2. The van der Waals surface area contributed by atoms with Gasteiger partial charge >= 0.3 is 11.9 Å². The molecule has 5 saturated heterocycles. The molecule has 1 amide bonds. The van der Waals surface area contributed by atoms with Crippen LogP contribution in [0.25, 0.3) is 11.1 Å². The van der Waals surface area contributed by atoms with Crippen LogP contribution in [0.4, 0.5) is 4.39 Å². The Morgan fingerprint density at radius 2 is 1.67 bits per heavy atom. The number of alkyl halides is 1. The summed E-state index contributed by atoms with van der Waals surface area (Å²) in [6.45, 7) is 19.1. The van der Waals surface area contributed by atoms with Crippen LogP contribution in [0, 0.1) is 35.5 Å². The molecular formula is C59H92FN5O13. The van der Waals surface area contributed by atoms with Crippen molar-refractivity contribution in [1.29, 1.82) is 0 Å². The standard InChI is InChI=1S/C59H92FN5O13/c1-15-45-59(10)40(26-47(67)78-59)35(5)58(9)32(2)27-57(8,73-14)53(49(41(61)31-63-58)48(34(4)54(70)76-45)44-28-56(7,72-13)52(69)36(6)75-44)77-55-50(68)43(25-33(3)74-55)65(11)24-22-46(66)64-42(29-60)51(71-12)38-20-18-37(19-21-38)39-17-16-23-62-30-39/h16-21,23,30,32-36,40-45,48-53,55,63,68-69H,15,22,24-29,31,61H2,1-14H3,(H,64,66)/t32-,33-,34-,35-,36+,40-,41?,42-,43+,44-,45-,48?,49+,50-,51-,52+,53-,55+,56-,57-,58?,59+/m1/s1. The van der Waals surface area contributed by atoms with Crippen LogP contribution in [-0.4, -0.2) is 176 Å². The van der Waals surface area contributed by atoms with Gasteiger partial charge in [0.2, 0.25) is 5.91 Å². The molecule has 7 rings (SSSR count). The van der Waals surface area contributed by atoms with E-state index in [-0.39, 0.29) is 62.0 Å². The lowest BCUT2D eigenvalue weighted by Gasteiger charge is -2.54. The van der Waals surface area contributed by atoms with Crippen molar-refractivity contribution in [1.82, 2.24) is 20.5 Å². The minimum absolute atomic E-state index is 0.0134. The lowest BCUT2D eigenvalue weighted by Crippen LogP contribution is -2.65. The van der Waals surface area contributed by atoms with Gasteiger partial charge in [0.05, 0.1) is 54.0 Å². The number of nitrogens with two attached hydrogens (primary N) is 1. The number of benzene rings is 1. The van der Waals surface area contributed by atoms with Crippen molar-refractivity contribution >= 4 is 17.8 Å². The number of nitrogens with zero attached hydrogens (tertiary/aromatic N) is 2. The SMILES string of the molecule is CC[C@H]1OC(=O)[C@H](C)C([C@H]2C[C@@](C)(OC)[C@@H](O)[C@H](C)O2)[C@@H]2C(N)CNC(C)([C@H](C)C[C@@](C)(OC)[C@@H]2O[C@@H]2O[C@H](C)C[C@H](N(C)CCC(=O)N[C@H](CF)[C@H](OC)c3ccc(-c4cccnc4)cc3)[C@H]2O)[C@H](C)[C@H]2CC(=O)O[C@@]21C. The number of aliphatic hydroxyl groups excluding tert-OH is 2. The van der Waals surface area contributed by atoms with Crippen molar-refractivity contribution in [2.75, 3.05) is 48.1 Å². The average molecular weight is 1100 g/mol. The second-order valence-electron chi connectivity index (χ2n) is 24.3. The third kappa shape index (κ3) is 12.4. The van der Waals surface area contributed by atoms with Crippen LogP contribution in [0.3, 0.4) is 0 Å². The number of hydrogen-bond acceptors (Lipinski definition) is 17. The van der Waals surface area contributed by atoms with Gasteiger partial charge in [-0.05, 0) is 102 Å². The number of carbonyl (C=O) groups excluding carboxylic acids is 3. The average Bonchev–Trinajstić information content (AvgIpc) is 3.99. The summed E-state index contributed by atoms with van der Waals surface area (Å²) in [6, 6.07) is 9.04. The van der Waals surface area contributed by atoms with Gasteiger partial charge in [-0.25, -0.2) is 4.39 Å². The molecule has 0 saturated carbocycles. The Kier molecular flexibility index (Phi) is 20.0. The fourth-order valence-corrected chi connectivity index (χ4v) is 14.2. The number of ether oxygens (including phenoxy) is 8. The molecule has 1 aromatic carbocycles. The zero-order valence-electron chi connectivity index (χ0n) is 48.6. The summed E-state index contributed by atoms with van der Waals surface area (Å²) in [5.41, 5.74) is 6.09. The maximum absolute atomic E-state index is 15.2. The number of aliphatic hydroxyl groups is 2. The van der Waals surface area contributed by atoms with Gasteiger partial charge in [-0.15, -0.1) is 0 Å². The van der Waals surface area contributed by atoms with E-state index >= 15 is 4.79 Å². The van der Waals surface area contributed by atoms with Crippen LogP contribution >= 0.6 is 0 Å². The van der Waals surface area contributed by atoms with Crippen LogP contribution < -0.4 is 16.4 Å². The number of fused-ring (bicyclic) bond motifs is 5. The number of pyridine rings is 1. The van der Waals surface area contributed by atoms with Crippen LogP contribution in [0.5, 0.6) is 0 Å². The molecule has 18 nitrogen and oxygen atoms in total. The van der Waals surface area contributed by atoms with Gasteiger partial charge in [0, 0.05) is 95.0 Å². The number of amides is 1. The Balaban J connectivity index is 1.21. The summed E-state index contributed by atoms with van der Waals surface area (Å²) in [5.74, 6) is -4.58. The minimum atomic E-state index is -1.26. The summed E-state index contributed by atoms with van der Waals surface area (Å²) in [6.07, 6.45) is -3.10. The predicted molar refractivity (Wildman–Crippen MR) is 290 cm³/mol. The van der Waals surface area contributed by atoms with E-state index in [4.69, 9.17) is 43.6 Å². The topological polar surface area (TPSA) is 232 Å². The third-order valence-electron chi connectivity index (χ3n) is 19.5. The number of methoxy groups -OCH3 is 3. The Morgan fingerprint density at radius 1 is 0.974 bits per heavy atom. The van der Waals surface area contributed by atoms with Crippen molar-refractivity contribution in [3.05, 3.63) is 54.4 Å². The summed E-state index contributed by atoms with van der Waals surface area (Å²) >= 11 is 0. The fourth-order valence-electron chi connectivity index (χ4n) is 14.2. The molecule has 2 aromatic rings. The molecule has 0 aliphatic carbocycles. The molecule has 5 aliphatic heterocycles. The first-order chi connectivity index (χ1) is 36.8. The van der Waals surface area contributed by atoms with E-state index < -0.39 is 126 Å². The molecule has 5 fully saturated rings. The Hall–Kier alpha value is -3.73. The van der Waals surface area contributed by atoms with E-state index in [9.17, 15) is 24.2 Å². The number of cyclic esters (lactones) is 1. The van der Waals surface area contributed by atoms with Crippen molar-refractivity contribution < 1.29 is 66.9 Å². The highest BCUT2D eigenvalue weighted by atomic mass is 19.1. The van der Waals surface area contributed by atoms with E-state index in [0.29, 0.717) is 24.8 Å².